The third-order valence-corrected chi connectivity index (χ3v) is 7.52. The lowest BCUT2D eigenvalue weighted by atomic mass is 9.54. The van der Waals surface area contributed by atoms with Crippen LogP contribution < -0.4 is 0 Å². The van der Waals surface area contributed by atoms with E-state index in [1.807, 2.05) is 6.07 Å². The summed E-state index contributed by atoms with van der Waals surface area (Å²) in [6.07, 6.45) is 4.30. The molecule has 1 spiro atoms. The van der Waals surface area contributed by atoms with Gasteiger partial charge in [-0.25, -0.2) is 0 Å². The highest BCUT2D eigenvalue weighted by Gasteiger charge is 2.65. The lowest BCUT2D eigenvalue weighted by molar-refractivity contribution is -0.236. The van der Waals surface area contributed by atoms with Crippen LogP contribution in [0.4, 0.5) is 0 Å². The summed E-state index contributed by atoms with van der Waals surface area (Å²) >= 11 is 0. The Hall–Kier alpha value is -1.59. The van der Waals surface area contributed by atoms with E-state index in [2.05, 4.69) is 6.92 Å². The second-order valence-corrected chi connectivity index (χ2v) is 8.35. The first-order chi connectivity index (χ1) is 12.0. The van der Waals surface area contributed by atoms with Crippen LogP contribution in [0.1, 0.15) is 60.9 Å². The molecule has 0 radical (unpaired) electrons. The van der Waals surface area contributed by atoms with E-state index in [1.165, 1.54) is 6.07 Å². The van der Waals surface area contributed by atoms with Gasteiger partial charge >= 0.3 is 0 Å². The fraction of sp³-hybridized carbons (Fsp3) is 0.650. The molecule has 134 valence electrons. The Morgan fingerprint density at radius 2 is 1.88 bits per heavy atom. The average Bonchev–Trinajstić information content (AvgIpc) is 3.18. The van der Waals surface area contributed by atoms with Crippen molar-refractivity contribution in [2.75, 3.05) is 13.2 Å². The highest BCUT2D eigenvalue weighted by molar-refractivity contribution is 6.02. The van der Waals surface area contributed by atoms with Gasteiger partial charge in [-0.15, -0.1) is 0 Å². The van der Waals surface area contributed by atoms with Crippen LogP contribution in [0.25, 0.3) is 0 Å². The number of hydrogen-bond acceptors (Lipinski definition) is 5. The van der Waals surface area contributed by atoms with Crippen molar-refractivity contribution in [1.82, 2.24) is 0 Å². The van der Waals surface area contributed by atoms with E-state index in [4.69, 9.17) is 9.47 Å². The number of fused-ring (bicyclic) bond motifs is 6. The van der Waals surface area contributed by atoms with Gasteiger partial charge in [0.2, 0.25) is 0 Å². The van der Waals surface area contributed by atoms with Gasteiger partial charge in [0.1, 0.15) is 0 Å². The van der Waals surface area contributed by atoms with Crippen LogP contribution in [-0.4, -0.2) is 35.0 Å². The van der Waals surface area contributed by atoms with Crippen LogP contribution in [0.2, 0.25) is 0 Å². The van der Waals surface area contributed by atoms with Crippen LogP contribution in [0.5, 0.6) is 11.5 Å². The van der Waals surface area contributed by atoms with Gasteiger partial charge in [-0.2, -0.15) is 0 Å². The van der Waals surface area contributed by atoms with Gasteiger partial charge in [-0.05, 0) is 48.6 Å². The molecule has 2 N–H and O–H groups in total. The molecule has 4 aliphatic rings. The van der Waals surface area contributed by atoms with Gasteiger partial charge in [0, 0.05) is 18.3 Å². The van der Waals surface area contributed by atoms with Gasteiger partial charge in [0.15, 0.2) is 23.1 Å². The zero-order chi connectivity index (χ0) is 17.4. The zero-order valence-electron chi connectivity index (χ0n) is 14.5. The third-order valence-electron chi connectivity index (χ3n) is 7.52. The molecule has 5 nitrogen and oxygen atoms in total. The zero-order valence-corrected chi connectivity index (χ0v) is 14.5. The van der Waals surface area contributed by atoms with Gasteiger partial charge in [0.05, 0.1) is 18.8 Å². The lowest BCUT2D eigenvalue weighted by Gasteiger charge is -2.52. The molecule has 5 heteroatoms. The van der Waals surface area contributed by atoms with Crippen LogP contribution >= 0.6 is 0 Å². The Morgan fingerprint density at radius 1 is 1.12 bits per heavy atom. The molecule has 0 unspecified atom stereocenters. The molecule has 4 atom stereocenters. The summed E-state index contributed by atoms with van der Waals surface area (Å²) in [7, 11) is 0. The van der Waals surface area contributed by atoms with Crippen molar-refractivity contribution in [1.29, 1.82) is 0 Å². The molecule has 1 heterocycles. The van der Waals surface area contributed by atoms with E-state index in [0.29, 0.717) is 31.1 Å². The summed E-state index contributed by atoms with van der Waals surface area (Å²) in [6, 6.07) is 3.34. The molecular formula is C20H24O5. The highest BCUT2D eigenvalue weighted by Crippen LogP contribution is 2.66. The fourth-order valence-electron chi connectivity index (χ4n) is 6.36. The number of ketones is 1. The van der Waals surface area contributed by atoms with Crippen LogP contribution in [0, 0.1) is 17.3 Å². The van der Waals surface area contributed by atoms with Crippen molar-refractivity contribution >= 4 is 5.78 Å². The summed E-state index contributed by atoms with van der Waals surface area (Å²) in [4.78, 5) is 12.8. The Bertz CT molecular complexity index is 751. The van der Waals surface area contributed by atoms with E-state index >= 15 is 0 Å². The number of hydrogen-bond donors (Lipinski definition) is 2. The Balaban J connectivity index is 1.57. The maximum Gasteiger partial charge on any atom is 0.174 e. The summed E-state index contributed by atoms with van der Waals surface area (Å²) in [5.74, 6) is -0.0779. The molecule has 1 aromatic rings. The Kier molecular flexibility index (Phi) is 3.12. The number of rotatable bonds is 0. The smallest absolute Gasteiger partial charge is 0.174 e. The summed E-state index contributed by atoms with van der Waals surface area (Å²) in [5, 5.41) is 20.0. The quantitative estimate of drug-likeness (QED) is 0.706. The predicted octanol–water partition coefficient (Wildman–Crippen LogP) is 3.34. The monoisotopic (exact) mass is 344 g/mol. The van der Waals surface area contributed by atoms with Crippen molar-refractivity contribution in [3.63, 3.8) is 0 Å². The first kappa shape index (κ1) is 15.6. The van der Waals surface area contributed by atoms with E-state index in [-0.39, 0.29) is 34.5 Å². The predicted molar refractivity (Wildman–Crippen MR) is 89.7 cm³/mol. The molecule has 1 aromatic carbocycles. The summed E-state index contributed by atoms with van der Waals surface area (Å²) < 4.78 is 12.2. The van der Waals surface area contributed by atoms with Crippen LogP contribution in [0.3, 0.4) is 0 Å². The minimum atomic E-state index is -0.469. The number of ether oxygens (including phenoxy) is 2. The van der Waals surface area contributed by atoms with E-state index in [0.717, 1.165) is 31.2 Å². The first-order valence-corrected chi connectivity index (χ1v) is 9.33. The lowest BCUT2D eigenvalue weighted by Crippen LogP contribution is -2.51. The highest BCUT2D eigenvalue weighted by atomic mass is 16.7. The van der Waals surface area contributed by atoms with Gasteiger partial charge in [-0.3, -0.25) is 4.79 Å². The van der Waals surface area contributed by atoms with Crippen molar-refractivity contribution < 1.29 is 24.5 Å². The van der Waals surface area contributed by atoms with E-state index in [9.17, 15) is 15.0 Å². The second kappa shape index (κ2) is 4.98. The fourth-order valence-corrected chi connectivity index (χ4v) is 6.36. The topological polar surface area (TPSA) is 76.0 Å². The van der Waals surface area contributed by atoms with Crippen molar-refractivity contribution in [2.45, 2.75) is 50.7 Å². The summed E-state index contributed by atoms with van der Waals surface area (Å²) in [5.41, 5.74) is 1.19. The maximum atomic E-state index is 12.8. The second-order valence-electron chi connectivity index (χ2n) is 8.35. The SMILES string of the molecule is C[C@]12CC[C@@H]3c4ccc(O)c(O)c4C(=O)C[C@H]3[C@@H]1CCC21OCCO1. The molecule has 1 aliphatic heterocycles. The average molecular weight is 344 g/mol. The number of aromatic hydroxyl groups is 2. The number of carbonyl (C=O) groups is 1. The molecule has 3 aliphatic carbocycles. The molecule has 5 rings (SSSR count). The number of phenols is 2. The number of Topliss-reactive ketones (excluding diaryl/α,β-unsaturated/α-hetero) is 1. The minimum absolute atomic E-state index is 0.0527. The van der Waals surface area contributed by atoms with Crippen molar-refractivity contribution in [3.05, 3.63) is 23.3 Å². The molecule has 25 heavy (non-hydrogen) atoms. The van der Waals surface area contributed by atoms with Crippen molar-refractivity contribution in [2.24, 2.45) is 17.3 Å². The van der Waals surface area contributed by atoms with Gasteiger partial charge in [-0.1, -0.05) is 13.0 Å². The number of phenolic OH excluding ortho intramolecular Hbond substituents is 2. The normalized spacial score (nSPS) is 38.4. The third kappa shape index (κ3) is 1.83. The van der Waals surface area contributed by atoms with E-state index in [1.54, 1.807) is 0 Å². The van der Waals surface area contributed by atoms with Crippen molar-refractivity contribution in [3.8, 4) is 11.5 Å². The van der Waals surface area contributed by atoms with Gasteiger partial charge in [0.25, 0.3) is 0 Å². The number of benzene rings is 1. The molecule has 0 bridgehead atoms. The van der Waals surface area contributed by atoms with Crippen LogP contribution in [0.15, 0.2) is 12.1 Å². The molecular weight excluding hydrogens is 320 g/mol. The Labute approximate surface area is 146 Å². The Morgan fingerprint density at radius 3 is 2.64 bits per heavy atom. The summed E-state index contributed by atoms with van der Waals surface area (Å²) in [6.45, 7) is 3.59. The first-order valence-electron chi connectivity index (χ1n) is 9.33. The van der Waals surface area contributed by atoms with Crippen LogP contribution in [-0.2, 0) is 9.47 Å². The standard InChI is InChI=1S/C20H24O5/c1-19-6-4-11-12-2-3-15(21)18(23)17(12)16(22)10-13(11)14(19)5-7-20(19)24-8-9-25-20/h2-3,11,13-14,21,23H,4-10H2,1H3/t11-,13-,14+,19+/m1/s1. The minimum Gasteiger partial charge on any atom is -0.504 e. The van der Waals surface area contributed by atoms with E-state index < -0.39 is 5.79 Å². The molecule has 0 aromatic heterocycles. The molecule has 3 fully saturated rings. The van der Waals surface area contributed by atoms with Gasteiger partial charge < -0.3 is 19.7 Å². The molecule has 1 saturated heterocycles. The molecule has 0 amide bonds. The largest absolute Gasteiger partial charge is 0.504 e. The molecule has 2 saturated carbocycles. The maximum absolute atomic E-state index is 12.8. The number of carbonyl (C=O) groups excluding carboxylic acids is 1.